The van der Waals surface area contributed by atoms with Gasteiger partial charge in [-0.15, -0.1) is 0 Å². The predicted molar refractivity (Wildman–Crippen MR) is 108 cm³/mol. The molecule has 2 aliphatic rings. The molecule has 6 nitrogen and oxygen atoms in total. The maximum atomic E-state index is 13.1. The van der Waals surface area contributed by atoms with E-state index in [0.717, 1.165) is 16.7 Å². The number of carbonyl (C=O) groups is 3. The predicted octanol–water partition coefficient (Wildman–Crippen LogP) is 4.08. The lowest BCUT2D eigenvalue weighted by Gasteiger charge is -2.38. The van der Waals surface area contributed by atoms with Crippen LogP contribution in [0.2, 0.25) is 0 Å². The monoisotopic (exact) mass is 392 g/mol. The Bertz CT molecular complexity index is 987. The van der Waals surface area contributed by atoms with Crippen LogP contribution < -0.4 is 0 Å². The zero-order valence-electron chi connectivity index (χ0n) is 17.1. The van der Waals surface area contributed by atoms with E-state index in [1.54, 1.807) is 29.2 Å². The van der Waals surface area contributed by atoms with Gasteiger partial charge in [-0.25, -0.2) is 4.79 Å². The molecular weight excluding hydrogens is 368 g/mol. The van der Waals surface area contributed by atoms with Crippen LogP contribution in [0, 0.1) is 6.92 Å². The molecular formula is C23H24N2O4. The molecule has 0 bridgehead atoms. The van der Waals surface area contributed by atoms with Crippen LogP contribution >= 0.6 is 0 Å². The molecule has 0 saturated carbocycles. The number of hydrogen-bond acceptors (Lipinski definition) is 4. The van der Waals surface area contributed by atoms with Gasteiger partial charge in [-0.2, -0.15) is 0 Å². The average molecular weight is 392 g/mol. The highest BCUT2D eigenvalue weighted by molar-refractivity contribution is 6.21. The summed E-state index contributed by atoms with van der Waals surface area (Å²) >= 11 is 0. The fraction of sp³-hybridized carbons (Fsp3) is 0.348. The molecule has 2 heterocycles. The number of nitrogens with zero attached hydrogens (tertiary/aromatic N) is 2. The summed E-state index contributed by atoms with van der Waals surface area (Å²) in [6, 6.07) is 12.2. The number of hydrogen-bond donors (Lipinski definition) is 0. The number of amides is 3. The van der Waals surface area contributed by atoms with Gasteiger partial charge in [-0.1, -0.05) is 35.9 Å². The Kier molecular flexibility index (Phi) is 4.45. The van der Waals surface area contributed by atoms with Gasteiger partial charge in [0, 0.05) is 13.1 Å². The molecule has 3 amide bonds. The van der Waals surface area contributed by atoms with Gasteiger partial charge in [0.2, 0.25) is 0 Å². The first-order chi connectivity index (χ1) is 13.7. The summed E-state index contributed by atoms with van der Waals surface area (Å²) in [5, 5.41) is 0. The van der Waals surface area contributed by atoms with Crippen molar-refractivity contribution < 1.29 is 19.1 Å². The minimum Gasteiger partial charge on any atom is -0.444 e. The van der Waals surface area contributed by atoms with Crippen molar-refractivity contribution >= 4 is 17.9 Å². The van der Waals surface area contributed by atoms with Crippen LogP contribution in [0.15, 0.2) is 42.5 Å². The van der Waals surface area contributed by atoms with E-state index in [1.807, 2.05) is 45.9 Å². The number of ether oxygens (including phenoxy) is 1. The number of rotatable bonds is 1. The Morgan fingerprint density at radius 3 is 2.24 bits per heavy atom. The molecule has 2 aromatic rings. The lowest BCUT2D eigenvalue weighted by atomic mass is 9.92. The van der Waals surface area contributed by atoms with Crippen molar-refractivity contribution in [3.63, 3.8) is 0 Å². The minimum atomic E-state index is -0.629. The van der Waals surface area contributed by atoms with Crippen molar-refractivity contribution in [1.29, 1.82) is 0 Å². The second-order valence-corrected chi connectivity index (χ2v) is 8.60. The first-order valence-electron chi connectivity index (χ1n) is 9.70. The van der Waals surface area contributed by atoms with E-state index in [9.17, 15) is 14.4 Å². The van der Waals surface area contributed by atoms with Gasteiger partial charge in [0.25, 0.3) is 11.8 Å². The lowest BCUT2D eigenvalue weighted by molar-refractivity contribution is 0.0134. The van der Waals surface area contributed by atoms with Crippen molar-refractivity contribution in [2.75, 3.05) is 6.54 Å². The lowest BCUT2D eigenvalue weighted by Crippen LogP contribution is -2.47. The number of benzene rings is 2. The van der Waals surface area contributed by atoms with Gasteiger partial charge in [0.15, 0.2) is 0 Å². The number of imide groups is 1. The van der Waals surface area contributed by atoms with E-state index in [4.69, 9.17) is 4.74 Å². The summed E-state index contributed by atoms with van der Waals surface area (Å²) in [5.41, 5.74) is 3.03. The Morgan fingerprint density at radius 2 is 1.66 bits per heavy atom. The van der Waals surface area contributed by atoms with Crippen molar-refractivity contribution in [1.82, 2.24) is 9.80 Å². The molecule has 1 atom stereocenters. The Hall–Kier alpha value is -3.15. The fourth-order valence-corrected chi connectivity index (χ4v) is 3.92. The van der Waals surface area contributed by atoms with Gasteiger partial charge in [0.05, 0.1) is 17.2 Å². The Balaban J connectivity index is 1.74. The van der Waals surface area contributed by atoms with E-state index >= 15 is 0 Å². The van der Waals surface area contributed by atoms with E-state index in [-0.39, 0.29) is 18.4 Å². The molecule has 0 spiro atoms. The standard InChI is InChI=1S/C23H24N2O4/c1-14-9-10-15-12-24(22(28)29-23(2,3)4)13-19(18(15)11-14)25-20(26)16-7-5-6-8-17(16)21(25)27/h5-11,19H,12-13H2,1-4H3. The van der Waals surface area contributed by atoms with Crippen LogP contribution in [0.5, 0.6) is 0 Å². The third-order valence-corrected chi connectivity index (χ3v) is 5.20. The smallest absolute Gasteiger partial charge is 0.410 e. The molecule has 150 valence electrons. The maximum Gasteiger partial charge on any atom is 0.410 e. The van der Waals surface area contributed by atoms with Crippen LogP contribution in [-0.2, 0) is 11.3 Å². The number of aryl methyl sites for hydroxylation is 1. The molecule has 0 saturated heterocycles. The second kappa shape index (κ2) is 6.72. The summed E-state index contributed by atoms with van der Waals surface area (Å²) in [5.74, 6) is -0.650. The highest BCUT2D eigenvalue weighted by Crippen LogP contribution is 2.37. The fourth-order valence-electron chi connectivity index (χ4n) is 3.92. The zero-order chi connectivity index (χ0) is 20.9. The summed E-state index contributed by atoms with van der Waals surface area (Å²) in [6.07, 6.45) is -0.453. The summed E-state index contributed by atoms with van der Waals surface area (Å²) in [6.45, 7) is 8.00. The summed E-state index contributed by atoms with van der Waals surface area (Å²) in [4.78, 5) is 41.8. The topological polar surface area (TPSA) is 66.9 Å². The normalized spacial score (nSPS) is 18.6. The van der Waals surface area contributed by atoms with E-state index < -0.39 is 17.7 Å². The minimum absolute atomic E-state index is 0.205. The van der Waals surface area contributed by atoms with Crippen LogP contribution in [0.4, 0.5) is 4.79 Å². The van der Waals surface area contributed by atoms with Crippen LogP contribution in [-0.4, -0.2) is 39.9 Å². The van der Waals surface area contributed by atoms with Gasteiger partial charge in [0.1, 0.15) is 5.60 Å². The van der Waals surface area contributed by atoms with Gasteiger partial charge >= 0.3 is 6.09 Å². The maximum absolute atomic E-state index is 13.1. The zero-order valence-corrected chi connectivity index (χ0v) is 17.1. The molecule has 0 radical (unpaired) electrons. The first kappa shape index (κ1) is 19.2. The molecule has 0 N–H and O–H groups in total. The molecule has 29 heavy (non-hydrogen) atoms. The number of fused-ring (bicyclic) bond motifs is 2. The van der Waals surface area contributed by atoms with Crippen LogP contribution in [0.1, 0.15) is 64.2 Å². The van der Waals surface area contributed by atoms with Crippen LogP contribution in [0.3, 0.4) is 0 Å². The van der Waals surface area contributed by atoms with Crippen molar-refractivity contribution in [3.8, 4) is 0 Å². The highest BCUT2D eigenvalue weighted by Gasteiger charge is 2.44. The van der Waals surface area contributed by atoms with E-state index in [1.165, 1.54) is 4.90 Å². The van der Waals surface area contributed by atoms with E-state index in [0.29, 0.717) is 17.7 Å². The molecule has 0 fully saturated rings. The Labute approximate surface area is 170 Å². The molecule has 0 aliphatic carbocycles. The molecule has 1 unspecified atom stereocenters. The molecule has 6 heteroatoms. The largest absolute Gasteiger partial charge is 0.444 e. The summed E-state index contributed by atoms with van der Waals surface area (Å²) < 4.78 is 5.54. The molecule has 4 rings (SSSR count). The second-order valence-electron chi connectivity index (χ2n) is 8.60. The van der Waals surface area contributed by atoms with Crippen LogP contribution in [0.25, 0.3) is 0 Å². The van der Waals surface area contributed by atoms with Gasteiger partial charge < -0.3 is 9.64 Å². The molecule has 2 aliphatic heterocycles. The SMILES string of the molecule is Cc1ccc2c(c1)C(N1C(=O)c3ccccc3C1=O)CN(C(=O)OC(C)(C)C)C2. The van der Waals surface area contributed by atoms with Crippen molar-refractivity contribution in [2.45, 2.75) is 45.9 Å². The van der Waals surface area contributed by atoms with Crippen molar-refractivity contribution in [2.24, 2.45) is 0 Å². The third kappa shape index (κ3) is 3.39. The third-order valence-electron chi connectivity index (χ3n) is 5.20. The first-order valence-corrected chi connectivity index (χ1v) is 9.70. The quantitative estimate of drug-likeness (QED) is 0.686. The van der Waals surface area contributed by atoms with Gasteiger partial charge in [-0.05, 0) is 51.0 Å². The highest BCUT2D eigenvalue weighted by atomic mass is 16.6. The average Bonchev–Trinajstić information content (AvgIpc) is 2.91. The summed E-state index contributed by atoms with van der Waals surface area (Å²) in [7, 11) is 0. The molecule has 0 aromatic heterocycles. The molecule has 2 aromatic carbocycles. The van der Waals surface area contributed by atoms with Crippen molar-refractivity contribution in [3.05, 3.63) is 70.3 Å². The number of carbonyl (C=O) groups excluding carboxylic acids is 3. The van der Waals surface area contributed by atoms with Gasteiger partial charge in [-0.3, -0.25) is 14.5 Å². The Morgan fingerprint density at radius 1 is 1.03 bits per heavy atom. The van der Waals surface area contributed by atoms with E-state index in [2.05, 4.69) is 0 Å².